The number of amides is 5. The number of nitrogens with one attached hydrogen (secondary N) is 4. The molecule has 80 valence electrons. The predicted octanol–water partition coefficient (Wildman–Crippen LogP) is -2.66. The molecule has 0 saturated carbocycles. The van der Waals surface area contributed by atoms with Crippen LogP contribution in [0.15, 0.2) is 0 Å². The number of imide groups is 1. The Morgan fingerprint density at radius 3 is 1.60 bits per heavy atom. The zero-order chi connectivity index (χ0) is 11.4. The highest BCUT2D eigenvalue weighted by Crippen LogP contribution is 1.78. The zero-order valence-corrected chi connectivity index (χ0v) is 8.06. The van der Waals surface area contributed by atoms with Crippen molar-refractivity contribution in [2.75, 3.05) is 6.54 Å². The largest absolute Gasteiger partial charge is 0.329 e. The molecule has 0 bridgehead atoms. The Bertz CT molecular complexity index is 334. The Morgan fingerprint density at radius 2 is 1.47 bits per heavy atom. The van der Waals surface area contributed by atoms with Crippen molar-refractivity contribution in [3.05, 3.63) is 0 Å². The van der Waals surface area contributed by atoms with Crippen LogP contribution in [0.1, 0.15) is 0 Å². The molecule has 0 atom stereocenters. The molecule has 2 rings (SSSR count). The highest BCUT2D eigenvalue weighted by molar-refractivity contribution is 7.80. The van der Waals surface area contributed by atoms with Gasteiger partial charge in [-0.25, -0.2) is 4.79 Å². The van der Waals surface area contributed by atoms with Gasteiger partial charge in [0.15, 0.2) is 5.11 Å². The van der Waals surface area contributed by atoms with Gasteiger partial charge in [-0.1, -0.05) is 0 Å². The monoisotopic (exact) mass is 230 g/mol. The van der Waals surface area contributed by atoms with Crippen LogP contribution in [0.5, 0.6) is 0 Å². The van der Waals surface area contributed by atoms with Gasteiger partial charge in [-0.15, -0.1) is 0 Å². The van der Waals surface area contributed by atoms with Crippen LogP contribution in [0.25, 0.3) is 0 Å². The number of hydrogen-bond donors (Lipinski definition) is 4. The molecule has 9 heteroatoms. The van der Waals surface area contributed by atoms with Crippen molar-refractivity contribution in [2.45, 2.75) is 0 Å². The average molecular weight is 230 g/mol. The summed E-state index contributed by atoms with van der Waals surface area (Å²) in [6.45, 7) is 0.124. The smallest absolute Gasteiger partial charge is 0.321 e. The number of carbonyl (C=O) groups is 4. The normalized spacial score (nSPS) is 18.5. The van der Waals surface area contributed by atoms with E-state index in [0.29, 0.717) is 0 Å². The highest BCUT2D eigenvalue weighted by Gasteiger charge is 2.23. The van der Waals surface area contributed by atoms with Gasteiger partial charge >= 0.3 is 17.8 Å². The summed E-state index contributed by atoms with van der Waals surface area (Å²) >= 11 is 4.41. The molecule has 4 N–H and O–H groups in total. The van der Waals surface area contributed by atoms with Gasteiger partial charge < -0.3 is 5.32 Å². The molecular formula is C6H6N4O4S. The number of carbonyl (C=O) groups excluding carboxylic acids is 4. The standard InChI is InChI=1S/C3H2N2O2S.C3H4N2O2/c6-1-2(7)5-3(8)4-1;6-2-1-4-3(7)5-2/h(H2,4,5,6,7,8);1H2,(H2,4,5,6,7). The van der Waals surface area contributed by atoms with Crippen LogP contribution in [-0.2, 0) is 14.4 Å². The maximum atomic E-state index is 10.2. The third-order valence-electron chi connectivity index (χ3n) is 1.32. The molecule has 2 fully saturated rings. The number of urea groups is 1. The van der Waals surface area contributed by atoms with E-state index in [2.05, 4.69) is 28.2 Å². The Labute approximate surface area is 88.8 Å². The van der Waals surface area contributed by atoms with Crippen molar-refractivity contribution >= 4 is 41.1 Å². The molecule has 0 aromatic carbocycles. The first-order valence-electron chi connectivity index (χ1n) is 3.73. The van der Waals surface area contributed by atoms with E-state index in [4.69, 9.17) is 0 Å². The molecule has 8 nitrogen and oxygen atoms in total. The van der Waals surface area contributed by atoms with E-state index >= 15 is 0 Å². The van der Waals surface area contributed by atoms with Gasteiger partial charge in [0.2, 0.25) is 5.91 Å². The molecule has 5 amide bonds. The molecule has 0 spiro atoms. The summed E-state index contributed by atoms with van der Waals surface area (Å²) in [7, 11) is 0. The highest BCUT2D eigenvalue weighted by atomic mass is 32.1. The van der Waals surface area contributed by atoms with Gasteiger partial charge in [0.25, 0.3) is 0 Å². The molecule has 0 aliphatic carbocycles. The topological polar surface area (TPSA) is 116 Å². The van der Waals surface area contributed by atoms with Crippen molar-refractivity contribution < 1.29 is 19.2 Å². The lowest BCUT2D eigenvalue weighted by Crippen LogP contribution is -2.22. The van der Waals surface area contributed by atoms with Crippen molar-refractivity contribution in [3.63, 3.8) is 0 Å². The molecular weight excluding hydrogens is 224 g/mol. The molecule has 0 aromatic rings. The van der Waals surface area contributed by atoms with Gasteiger partial charge in [0.1, 0.15) is 0 Å². The van der Waals surface area contributed by atoms with E-state index in [1.165, 1.54) is 0 Å². The first-order valence-corrected chi connectivity index (χ1v) is 4.14. The quantitative estimate of drug-likeness (QED) is 0.206. The van der Waals surface area contributed by atoms with Crippen LogP contribution in [0, 0.1) is 0 Å². The van der Waals surface area contributed by atoms with Crippen LogP contribution in [0.3, 0.4) is 0 Å². The van der Waals surface area contributed by atoms with E-state index in [1.54, 1.807) is 0 Å². The summed E-state index contributed by atoms with van der Waals surface area (Å²) in [6, 6.07) is -0.398. The third-order valence-corrected chi connectivity index (χ3v) is 1.53. The van der Waals surface area contributed by atoms with E-state index in [1.807, 2.05) is 5.32 Å². The summed E-state index contributed by atoms with van der Waals surface area (Å²) in [5.74, 6) is -1.63. The molecule has 0 aromatic heterocycles. The van der Waals surface area contributed by atoms with Gasteiger partial charge in [-0.3, -0.25) is 30.3 Å². The number of thiocarbonyl (C=S) groups is 1. The predicted molar refractivity (Wildman–Crippen MR) is 50.4 cm³/mol. The summed E-state index contributed by atoms with van der Waals surface area (Å²) in [5, 5.41) is 8.58. The Balaban J connectivity index is 0.000000151. The zero-order valence-electron chi connectivity index (χ0n) is 7.25. The molecule has 2 aliphatic rings. The summed E-state index contributed by atoms with van der Waals surface area (Å²) in [4.78, 5) is 40.4. The molecule has 2 saturated heterocycles. The lowest BCUT2D eigenvalue weighted by atomic mass is 10.6. The summed E-state index contributed by atoms with van der Waals surface area (Å²) in [6.07, 6.45) is 0. The molecule has 15 heavy (non-hydrogen) atoms. The van der Waals surface area contributed by atoms with Crippen molar-refractivity contribution in [1.29, 1.82) is 0 Å². The van der Waals surface area contributed by atoms with Crippen LogP contribution in [0.4, 0.5) is 4.79 Å². The molecule has 0 unspecified atom stereocenters. The minimum Gasteiger partial charge on any atom is -0.329 e. The van der Waals surface area contributed by atoms with E-state index in [9.17, 15) is 19.2 Å². The summed E-state index contributed by atoms with van der Waals surface area (Å²) in [5.41, 5.74) is 0. The Hall–Kier alpha value is -2.03. The number of hydrogen-bond acceptors (Lipinski definition) is 5. The van der Waals surface area contributed by atoms with Crippen molar-refractivity contribution in [2.24, 2.45) is 0 Å². The summed E-state index contributed by atoms with van der Waals surface area (Å²) < 4.78 is 0. The molecule has 2 heterocycles. The minimum atomic E-state index is -0.685. The van der Waals surface area contributed by atoms with Crippen LogP contribution in [0.2, 0.25) is 0 Å². The van der Waals surface area contributed by atoms with E-state index in [-0.39, 0.29) is 17.6 Å². The second-order valence-electron chi connectivity index (χ2n) is 2.47. The fourth-order valence-corrected chi connectivity index (χ4v) is 0.912. The fourth-order valence-electron chi connectivity index (χ4n) is 0.727. The Kier molecular flexibility index (Phi) is 3.29. The van der Waals surface area contributed by atoms with E-state index < -0.39 is 17.8 Å². The van der Waals surface area contributed by atoms with Gasteiger partial charge in [-0.2, -0.15) is 0 Å². The maximum absolute atomic E-state index is 10.2. The molecule has 2 aliphatic heterocycles. The second-order valence-corrected chi connectivity index (χ2v) is 2.88. The van der Waals surface area contributed by atoms with Crippen LogP contribution < -0.4 is 21.3 Å². The number of rotatable bonds is 0. The molecule has 0 radical (unpaired) electrons. The fraction of sp³-hybridized carbons (Fsp3) is 0.167. The lowest BCUT2D eigenvalue weighted by Gasteiger charge is -1.82. The van der Waals surface area contributed by atoms with E-state index in [0.717, 1.165) is 0 Å². The first-order chi connectivity index (χ1) is 6.99. The maximum Gasteiger partial charge on any atom is 0.321 e. The Morgan fingerprint density at radius 1 is 0.933 bits per heavy atom. The van der Waals surface area contributed by atoms with Gasteiger partial charge in [0.05, 0.1) is 6.54 Å². The first kappa shape index (κ1) is 11.0. The van der Waals surface area contributed by atoms with Gasteiger partial charge in [0, 0.05) is 0 Å². The van der Waals surface area contributed by atoms with Gasteiger partial charge in [-0.05, 0) is 12.2 Å². The average Bonchev–Trinajstić information content (AvgIpc) is 2.61. The second kappa shape index (κ2) is 4.46. The third kappa shape index (κ3) is 3.31. The minimum absolute atomic E-state index is 0.0833. The van der Waals surface area contributed by atoms with Crippen molar-refractivity contribution in [1.82, 2.24) is 21.3 Å². The van der Waals surface area contributed by atoms with Crippen LogP contribution >= 0.6 is 12.2 Å². The van der Waals surface area contributed by atoms with Crippen LogP contribution in [-0.4, -0.2) is 35.4 Å². The van der Waals surface area contributed by atoms with Crippen molar-refractivity contribution in [3.8, 4) is 0 Å². The SMILES string of the molecule is O=C1CNC(=O)N1.O=C1NC(=S)NC1=O. The lowest BCUT2D eigenvalue weighted by molar-refractivity contribution is -0.135.